The van der Waals surface area contributed by atoms with Crippen LogP contribution in [-0.2, 0) is 4.79 Å². The van der Waals surface area contributed by atoms with Crippen LogP contribution in [0.3, 0.4) is 0 Å². The monoisotopic (exact) mass is 355 g/mol. The average Bonchev–Trinajstić information content (AvgIpc) is 2.61. The lowest BCUT2D eigenvalue weighted by Gasteiger charge is -2.06. The van der Waals surface area contributed by atoms with E-state index in [1.807, 2.05) is 6.07 Å². The van der Waals surface area contributed by atoms with Crippen molar-refractivity contribution in [2.45, 2.75) is 19.8 Å². The summed E-state index contributed by atoms with van der Waals surface area (Å²) in [6.07, 6.45) is 3.54. The van der Waals surface area contributed by atoms with Crippen LogP contribution in [0.15, 0.2) is 54.1 Å². The highest BCUT2D eigenvalue weighted by Crippen LogP contribution is 2.19. The third-order valence-electron chi connectivity index (χ3n) is 3.30. The molecule has 5 heteroatoms. The number of nitriles is 1. The maximum Gasteiger partial charge on any atom is 0.354 e. The summed E-state index contributed by atoms with van der Waals surface area (Å²) >= 11 is 5.85. The first kappa shape index (κ1) is 18.6. The molecule has 0 aliphatic rings. The Balaban J connectivity index is 2.06. The minimum atomic E-state index is -0.729. The molecule has 0 aromatic heterocycles. The number of carbonyl (C=O) groups is 1. The van der Waals surface area contributed by atoms with Gasteiger partial charge in [-0.05, 0) is 48.4 Å². The van der Waals surface area contributed by atoms with Gasteiger partial charge in [-0.25, -0.2) is 4.79 Å². The Morgan fingerprint density at radius 3 is 2.60 bits per heavy atom. The van der Waals surface area contributed by atoms with Gasteiger partial charge in [0, 0.05) is 5.02 Å². The summed E-state index contributed by atoms with van der Waals surface area (Å²) in [5, 5.41) is 9.67. The normalized spacial score (nSPS) is 10.8. The van der Waals surface area contributed by atoms with E-state index in [9.17, 15) is 10.1 Å². The number of hydrogen-bond donors (Lipinski definition) is 0. The van der Waals surface area contributed by atoms with E-state index in [0.717, 1.165) is 18.6 Å². The quantitative estimate of drug-likeness (QED) is 0.230. The molecule has 2 aromatic carbocycles. The van der Waals surface area contributed by atoms with Crippen LogP contribution in [0.2, 0.25) is 5.02 Å². The van der Waals surface area contributed by atoms with Gasteiger partial charge in [0.15, 0.2) is 0 Å². The van der Waals surface area contributed by atoms with Crippen molar-refractivity contribution >= 4 is 23.6 Å². The molecular weight excluding hydrogens is 338 g/mol. The van der Waals surface area contributed by atoms with Gasteiger partial charge in [0.05, 0.1) is 6.61 Å². The molecule has 4 nitrogen and oxygen atoms in total. The summed E-state index contributed by atoms with van der Waals surface area (Å²) in [4.78, 5) is 12.1. The Hall–Kier alpha value is -2.77. The van der Waals surface area contributed by atoms with E-state index in [1.54, 1.807) is 42.5 Å². The Kier molecular flexibility index (Phi) is 7.06. The minimum Gasteiger partial charge on any atom is -0.494 e. The van der Waals surface area contributed by atoms with Gasteiger partial charge in [0.1, 0.15) is 23.1 Å². The summed E-state index contributed by atoms with van der Waals surface area (Å²) < 4.78 is 10.8. The van der Waals surface area contributed by atoms with E-state index in [0.29, 0.717) is 22.9 Å². The van der Waals surface area contributed by atoms with Crippen LogP contribution in [0.4, 0.5) is 0 Å². The van der Waals surface area contributed by atoms with Crippen LogP contribution in [0, 0.1) is 11.3 Å². The Morgan fingerprint density at radius 1 is 1.20 bits per heavy atom. The third-order valence-corrected chi connectivity index (χ3v) is 3.54. The molecule has 0 spiro atoms. The van der Waals surface area contributed by atoms with E-state index < -0.39 is 5.97 Å². The topological polar surface area (TPSA) is 59.3 Å². The van der Waals surface area contributed by atoms with Crippen molar-refractivity contribution in [1.82, 2.24) is 0 Å². The van der Waals surface area contributed by atoms with E-state index in [2.05, 4.69) is 6.92 Å². The van der Waals surface area contributed by atoms with Gasteiger partial charge in [-0.1, -0.05) is 43.1 Å². The number of rotatable bonds is 7. The van der Waals surface area contributed by atoms with Gasteiger partial charge in [0.2, 0.25) is 0 Å². The first-order valence-corrected chi connectivity index (χ1v) is 8.32. The second kappa shape index (κ2) is 9.51. The summed E-state index contributed by atoms with van der Waals surface area (Å²) in [6, 6.07) is 15.5. The number of hydrogen-bond acceptors (Lipinski definition) is 4. The van der Waals surface area contributed by atoms with Gasteiger partial charge >= 0.3 is 5.97 Å². The molecule has 0 bridgehead atoms. The molecule has 2 rings (SSSR count). The van der Waals surface area contributed by atoms with Crippen molar-refractivity contribution in [2.24, 2.45) is 0 Å². The fourth-order valence-electron chi connectivity index (χ4n) is 1.99. The van der Waals surface area contributed by atoms with E-state index in [1.165, 1.54) is 12.1 Å². The Morgan fingerprint density at radius 2 is 1.96 bits per heavy atom. The zero-order valence-electron chi connectivity index (χ0n) is 13.9. The molecule has 0 atom stereocenters. The summed E-state index contributed by atoms with van der Waals surface area (Å²) in [5.41, 5.74) is 0.613. The number of benzene rings is 2. The number of halogens is 1. The highest BCUT2D eigenvalue weighted by atomic mass is 35.5. The largest absolute Gasteiger partial charge is 0.494 e. The number of esters is 1. The van der Waals surface area contributed by atoms with Gasteiger partial charge < -0.3 is 9.47 Å². The van der Waals surface area contributed by atoms with Gasteiger partial charge in [0.25, 0.3) is 0 Å². The third kappa shape index (κ3) is 5.98. The van der Waals surface area contributed by atoms with Crippen molar-refractivity contribution in [3.8, 4) is 17.6 Å². The SMILES string of the molecule is CCCCOc1ccc(/C=C(\C#N)C(=O)Oc2cccc(Cl)c2)cc1. The molecule has 0 radical (unpaired) electrons. The van der Waals surface area contributed by atoms with E-state index >= 15 is 0 Å². The minimum absolute atomic E-state index is 0.0976. The molecule has 0 saturated carbocycles. The van der Waals surface area contributed by atoms with Gasteiger partial charge in [-0.3, -0.25) is 0 Å². The number of ether oxygens (including phenoxy) is 2. The van der Waals surface area contributed by atoms with Crippen molar-refractivity contribution in [1.29, 1.82) is 5.26 Å². The smallest absolute Gasteiger partial charge is 0.354 e. The highest BCUT2D eigenvalue weighted by Gasteiger charge is 2.12. The van der Waals surface area contributed by atoms with Crippen molar-refractivity contribution in [3.05, 3.63) is 64.7 Å². The fourth-order valence-corrected chi connectivity index (χ4v) is 2.17. The summed E-state index contributed by atoms with van der Waals surface area (Å²) in [5.74, 6) is 0.317. The Bertz CT molecular complexity index is 791. The molecule has 128 valence electrons. The molecule has 25 heavy (non-hydrogen) atoms. The summed E-state index contributed by atoms with van der Waals surface area (Å²) in [6.45, 7) is 2.77. The maximum atomic E-state index is 12.1. The van der Waals surface area contributed by atoms with Gasteiger partial charge in [-0.15, -0.1) is 0 Å². The molecule has 0 aliphatic carbocycles. The molecule has 0 unspecified atom stereocenters. The first-order chi connectivity index (χ1) is 12.1. The van der Waals surface area contributed by atoms with E-state index in [-0.39, 0.29) is 5.57 Å². The second-order valence-electron chi connectivity index (χ2n) is 5.29. The second-order valence-corrected chi connectivity index (χ2v) is 5.72. The molecule has 0 N–H and O–H groups in total. The van der Waals surface area contributed by atoms with Gasteiger partial charge in [-0.2, -0.15) is 5.26 Å². The standard InChI is InChI=1S/C20H18ClNO3/c1-2-3-11-24-18-9-7-15(8-10-18)12-16(14-22)20(23)25-19-6-4-5-17(21)13-19/h4-10,12-13H,2-3,11H2,1H3/b16-12+. The number of carbonyl (C=O) groups excluding carboxylic acids is 1. The molecule has 0 amide bonds. The Labute approximate surface area is 152 Å². The van der Waals surface area contributed by atoms with Crippen LogP contribution >= 0.6 is 11.6 Å². The zero-order chi connectivity index (χ0) is 18.1. The molecule has 0 heterocycles. The predicted molar refractivity (Wildman–Crippen MR) is 97.5 cm³/mol. The zero-order valence-corrected chi connectivity index (χ0v) is 14.6. The first-order valence-electron chi connectivity index (χ1n) is 7.94. The summed E-state index contributed by atoms with van der Waals surface area (Å²) in [7, 11) is 0. The number of unbranched alkanes of at least 4 members (excludes halogenated alkanes) is 1. The fraction of sp³-hybridized carbons (Fsp3) is 0.200. The van der Waals surface area contributed by atoms with Crippen molar-refractivity contribution in [3.63, 3.8) is 0 Å². The molecule has 0 aliphatic heterocycles. The lowest BCUT2D eigenvalue weighted by molar-refractivity contribution is -0.129. The number of nitrogens with zero attached hydrogens (tertiary/aromatic N) is 1. The maximum absolute atomic E-state index is 12.1. The van der Waals surface area contributed by atoms with Crippen LogP contribution in [0.1, 0.15) is 25.3 Å². The lowest BCUT2D eigenvalue weighted by Crippen LogP contribution is -2.10. The van der Waals surface area contributed by atoms with Crippen molar-refractivity contribution in [2.75, 3.05) is 6.61 Å². The lowest BCUT2D eigenvalue weighted by atomic mass is 10.1. The van der Waals surface area contributed by atoms with Crippen molar-refractivity contribution < 1.29 is 14.3 Å². The van der Waals surface area contributed by atoms with Crippen LogP contribution in [0.5, 0.6) is 11.5 Å². The molecule has 0 fully saturated rings. The average molecular weight is 356 g/mol. The highest BCUT2D eigenvalue weighted by molar-refractivity contribution is 6.30. The predicted octanol–water partition coefficient (Wildman–Crippen LogP) is 5.03. The molecular formula is C20H18ClNO3. The molecule has 0 saturated heterocycles. The van der Waals surface area contributed by atoms with Crippen LogP contribution in [-0.4, -0.2) is 12.6 Å². The molecule has 2 aromatic rings. The van der Waals surface area contributed by atoms with Crippen LogP contribution < -0.4 is 9.47 Å². The van der Waals surface area contributed by atoms with Crippen LogP contribution in [0.25, 0.3) is 6.08 Å². The van der Waals surface area contributed by atoms with E-state index in [4.69, 9.17) is 21.1 Å².